The average Bonchev–Trinajstić information content (AvgIpc) is 3.25. The predicted octanol–water partition coefficient (Wildman–Crippen LogP) is 6.66. The zero-order valence-corrected chi connectivity index (χ0v) is 19.9. The SMILES string of the molecule is CCCCCOc1ccc(/C=C/C(=O)Nc2nc(-c3cc(C)ccc3C)cs2)cc1OC. The van der Waals surface area contributed by atoms with Gasteiger partial charge in [0.15, 0.2) is 16.6 Å². The lowest BCUT2D eigenvalue weighted by molar-refractivity contribution is -0.111. The predicted molar refractivity (Wildman–Crippen MR) is 133 cm³/mol. The van der Waals surface area contributed by atoms with E-state index in [1.54, 1.807) is 13.2 Å². The lowest BCUT2D eigenvalue weighted by Gasteiger charge is -2.11. The zero-order chi connectivity index (χ0) is 22.9. The highest BCUT2D eigenvalue weighted by Gasteiger charge is 2.09. The summed E-state index contributed by atoms with van der Waals surface area (Å²) >= 11 is 1.41. The first-order valence-corrected chi connectivity index (χ1v) is 11.7. The molecule has 0 aliphatic heterocycles. The van der Waals surface area contributed by atoms with Crippen molar-refractivity contribution in [1.29, 1.82) is 0 Å². The first-order chi connectivity index (χ1) is 15.5. The molecule has 0 saturated carbocycles. The highest BCUT2D eigenvalue weighted by molar-refractivity contribution is 7.14. The number of methoxy groups -OCH3 is 1. The third-order valence-electron chi connectivity index (χ3n) is 5.02. The van der Waals surface area contributed by atoms with Crippen LogP contribution in [0.4, 0.5) is 5.13 Å². The van der Waals surface area contributed by atoms with Gasteiger partial charge in [0, 0.05) is 17.0 Å². The first kappa shape index (κ1) is 23.5. The smallest absolute Gasteiger partial charge is 0.250 e. The molecule has 1 N–H and O–H groups in total. The third kappa shape index (κ3) is 6.44. The molecule has 0 aliphatic carbocycles. The second kappa shape index (κ2) is 11.5. The highest BCUT2D eigenvalue weighted by Crippen LogP contribution is 2.30. The summed E-state index contributed by atoms with van der Waals surface area (Å²) < 4.78 is 11.2. The van der Waals surface area contributed by atoms with Crippen LogP contribution in [0.1, 0.15) is 42.9 Å². The molecule has 0 saturated heterocycles. The summed E-state index contributed by atoms with van der Waals surface area (Å²) in [5, 5.41) is 5.38. The minimum absolute atomic E-state index is 0.231. The van der Waals surface area contributed by atoms with E-state index in [0.717, 1.165) is 41.6 Å². The monoisotopic (exact) mass is 450 g/mol. The van der Waals surface area contributed by atoms with Crippen LogP contribution in [-0.4, -0.2) is 24.6 Å². The molecule has 6 heteroatoms. The fraction of sp³-hybridized carbons (Fsp3) is 0.308. The van der Waals surface area contributed by atoms with E-state index >= 15 is 0 Å². The molecular formula is C26H30N2O3S. The molecule has 3 rings (SSSR count). The van der Waals surface area contributed by atoms with Gasteiger partial charge in [0.05, 0.1) is 19.4 Å². The standard InChI is InChI=1S/C26H30N2O3S/c1-5-6-7-14-31-23-12-10-20(16-24(23)30-4)11-13-25(29)28-26-27-22(17-32-26)21-15-18(2)8-9-19(21)3/h8-13,15-17H,5-7,14H2,1-4H3,(H,27,28,29)/b13-11+. The number of amides is 1. The number of nitrogens with zero attached hydrogens (tertiary/aromatic N) is 1. The summed E-state index contributed by atoms with van der Waals surface area (Å²) in [5.74, 6) is 1.14. The van der Waals surface area contributed by atoms with Gasteiger partial charge in [-0.15, -0.1) is 11.3 Å². The van der Waals surface area contributed by atoms with Crippen LogP contribution in [0.5, 0.6) is 11.5 Å². The normalized spacial score (nSPS) is 11.0. The summed E-state index contributed by atoms with van der Waals surface area (Å²) in [6.45, 7) is 6.95. The van der Waals surface area contributed by atoms with Crippen molar-refractivity contribution in [2.24, 2.45) is 0 Å². The summed E-state index contributed by atoms with van der Waals surface area (Å²) in [7, 11) is 1.62. The van der Waals surface area contributed by atoms with Crippen LogP contribution in [0.15, 0.2) is 47.9 Å². The van der Waals surface area contributed by atoms with Gasteiger partial charge in [-0.05, 0) is 55.7 Å². The Balaban J connectivity index is 1.62. The molecule has 0 unspecified atom stereocenters. The molecule has 0 aliphatic rings. The van der Waals surface area contributed by atoms with Gasteiger partial charge in [0.2, 0.25) is 5.91 Å². The van der Waals surface area contributed by atoms with Crippen molar-refractivity contribution in [3.8, 4) is 22.8 Å². The number of carbonyl (C=O) groups is 1. The van der Waals surface area contributed by atoms with Crippen molar-refractivity contribution in [1.82, 2.24) is 4.98 Å². The Morgan fingerprint density at radius 1 is 1.12 bits per heavy atom. The van der Waals surface area contributed by atoms with Crippen molar-refractivity contribution < 1.29 is 14.3 Å². The number of rotatable bonds is 10. The number of ether oxygens (including phenoxy) is 2. The molecule has 0 bridgehead atoms. The third-order valence-corrected chi connectivity index (χ3v) is 5.78. The van der Waals surface area contributed by atoms with Gasteiger partial charge in [-0.3, -0.25) is 10.1 Å². The topological polar surface area (TPSA) is 60.5 Å². The molecule has 1 aromatic heterocycles. The van der Waals surface area contributed by atoms with Gasteiger partial charge in [0.1, 0.15) is 0 Å². The second-order valence-corrected chi connectivity index (χ2v) is 8.50. The van der Waals surface area contributed by atoms with E-state index < -0.39 is 0 Å². The molecular weight excluding hydrogens is 420 g/mol. The van der Waals surface area contributed by atoms with Gasteiger partial charge in [-0.2, -0.15) is 0 Å². The Morgan fingerprint density at radius 3 is 2.75 bits per heavy atom. The minimum Gasteiger partial charge on any atom is -0.493 e. The molecule has 5 nitrogen and oxygen atoms in total. The molecule has 0 radical (unpaired) electrons. The Bertz CT molecular complexity index is 1090. The lowest BCUT2D eigenvalue weighted by atomic mass is 10.0. The van der Waals surface area contributed by atoms with Crippen molar-refractivity contribution in [3.63, 3.8) is 0 Å². The number of hydrogen-bond acceptors (Lipinski definition) is 5. The van der Waals surface area contributed by atoms with E-state index in [2.05, 4.69) is 49.3 Å². The summed E-state index contributed by atoms with van der Waals surface area (Å²) in [5.41, 5.74) is 5.15. The van der Waals surface area contributed by atoms with Crippen LogP contribution in [-0.2, 0) is 4.79 Å². The van der Waals surface area contributed by atoms with E-state index in [1.165, 1.54) is 23.0 Å². The van der Waals surface area contributed by atoms with Crippen LogP contribution in [0.3, 0.4) is 0 Å². The maximum atomic E-state index is 12.4. The Labute approximate surface area is 194 Å². The average molecular weight is 451 g/mol. The number of hydrogen-bond donors (Lipinski definition) is 1. The first-order valence-electron chi connectivity index (χ1n) is 10.8. The molecule has 32 heavy (non-hydrogen) atoms. The maximum Gasteiger partial charge on any atom is 0.250 e. The zero-order valence-electron chi connectivity index (χ0n) is 19.1. The highest BCUT2D eigenvalue weighted by atomic mass is 32.1. The van der Waals surface area contributed by atoms with E-state index in [0.29, 0.717) is 23.2 Å². The van der Waals surface area contributed by atoms with Crippen molar-refractivity contribution in [2.45, 2.75) is 40.0 Å². The molecule has 168 valence electrons. The maximum absolute atomic E-state index is 12.4. The van der Waals surface area contributed by atoms with Crippen LogP contribution in [0.25, 0.3) is 17.3 Å². The molecule has 3 aromatic rings. The van der Waals surface area contributed by atoms with Gasteiger partial charge in [-0.1, -0.05) is 43.5 Å². The van der Waals surface area contributed by atoms with E-state index in [1.807, 2.05) is 23.6 Å². The number of aromatic nitrogens is 1. The Hall–Kier alpha value is -3.12. The number of aryl methyl sites for hydroxylation is 2. The summed E-state index contributed by atoms with van der Waals surface area (Å²) in [6, 6.07) is 11.9. The van der Waals surface area contributed by atoms with Crippen molar-refractivity contribution >= 4 is 28.5 Å². The fourth-order valence-electron chi connectivity index (χ4n) is 3.23. The second-order valence-electron chi connectivity index (χ2n) is 7.64. The fourth-order valence-corrected chi connectivity index (χ4v) is 3.94. The summed E-state index contributed by atoms with van der Waals surface area (Å²) in [6.07, 6.45) is 6.56. The van der Waals surface area contributed by atoms with Gasteiger partial charge in [0.25, 0.3) is 0 Å². The van der Waals surface area contributed by atoms with Crippen LogP contribution in [0.2, 0.25) is 0 Å². The number of nitrogens with one attached hydrogen (secondary N) is 1. The number of anilines is 1. The number of unbranched alkanes of at least 4 members (excludes halogenated alkanes) is 2. The van der Waals surface area contributed by atoms with Gasteiger partial charge >= 0.3 is 0 Å². The van der Waals surface area contributed by atoms with Crippen molar-refractivity contribution in [2.75, 3.05) is 19.0 Å². The molecule has 0 atom stereocenters. The van der Waals surface area contributed by atoms with Crippen LogP contribution >= 0.6 is 11.3 Å². The number of benzene rings is 2. The molecule has 1 amide bonds. The largest absolute Gasteiger partial charge is 0.493 e. The van der Waals surface area contributed by atoms with E-state index in [9.17, 15) is 4.79 Å². The van der Waals surface area contributed by atoms with Gasteiger partial charge in [-0.25, -0.2) is 4.98 Å². The molecule has 1 heterocycles. The van der Waals surface area contributed by atoms with E-state index in [4.69, 9.17) is 9.47 Å². The molecule has 2 aromatic carbocycles. The van der Waals surface area contributed by atoms with Crippen LogP contribution < -0.4 is 14.8 Å². The van der Waals surface area contributed by atoms with Gasteiger partial charge < -0.3 is 9.47 Å². The summed E-state index contributed by atoms with van der Waals surface area (Å²) in [4.78, 5) is 17.0. The Morgan fingerprint density at radius 2 is 1.97 bits per heavy atom. The minimum atomic E-state index is -0.231. The number of carbonyl (C=O) groups excluding carboxylic acids is 1. The quantitative estimate of drug-likeness (QED) is 0.277. The molecule has 0 fully saturated rings. The Kier molecular flexibility index (Phi) is 8.45. The molecule has 0 spiro atoms. The lowest BCUT2D eigenvalue weighted by Crippen LogP contribution is -2.07. The number of thiazole rings is 1. The van der Waals surface area contributed by atoms with Crippen molar-refractivity contribution in [3.05, 3.63) is 64.5 Å². The van der Waals surface area contributed by atoms with E-state index in [-0.39, 0.29) is 5.91 Å². The van der Waals surface area contributed by atoms with Crippen LogP contribution in [0, 0.1) is 13.8 Å².